The van der Waals surface area contributed by atoms with Gasteiger partial charge in [0.05, 0.1) is 5.52 Å². The summed E-state index contributed by atoms with van der Waals surface area (Å²) in [5.74, 6) is -0.00253. The summed E-state index contributed by atoms with van der Waals surface area (Å²) >= 11 is 6.62. The van der Waals surface area contributed by atoms with Crippen LogP contribution in [0.4, 0.5) is 0 Å². The van der Waals surface area contributed by atoms with Crippen molar-refractivity contribution in [3.8, 4) is 11.1 Å². The molecule has 1 aliphatic rings. The number of para-hydroxylation sites is 1. The van der Waals surface area contributed by atoms with Gasteiger partial charge in [0.2, 0.25) is 11.8 Å². The summed E-state index contributed by atoms with van der Waals surface area (Å²) in [5.41, 5.74) is 3.95. The molecule has 4 rings (SSSR count). The van der Waals surface area contributed by atoms with Gasteiger partial charge in [-0.05, 0) is 23.8 Å². The van der Waals surface area contributed by atoms with Crippen molar-refractivity contribution >= 4 is 40.4 Å². The van der Waals surface area contributed by atoms with Crippen molar-refractivity contribution < 1.29 is 9.59 Å². The fraction of sp³-hybridized carbons (Fsp3) is 0.250. The number of fused-ring (bicyclic) bond motifs is 1. The average Bonchev–Trinajstić information content (AvgIpc) is 3.13. The number of aryl methyl sites for hydroxylation is 1. The van der Waals surface area contributed by atoms with Gasteiger partial charge >= 0.3 is 0 Å². The van der Waals surface area contributed by atoms with E-state index in [1.165, 1.54) is 0 Å². The fourth-order valence-electron chi connectivity index (χ4n) is 4.03. The Morgan fingerprint density at radius 2 is 1.67 bits per heavy atom. The zero-order valence-corrected chi connectivity index (χ0v) is 17.9. The molecule has 1 aromatic heterocycles. The standard InChI is InChI=1S/C24H24ClN3O2/c1-17(29)27-13-15-28(16-14-27)22(30)10-9-18-5-4-8-21(25)23(18)20-7-3-6-19-11-12-26(2)24(19)20/h3-12H,13-16H2,1-2H3/b10-9+. The first-order valence-electron chi connectivity index (χ1n) is 10.0. The number of halogens is 1. The van der Waals surface area contributed by atoms with Crippen molar-refractivity contribution in [2.75, 3.05) is 26.2 Å². The van der Waals surface area contributed by atoms with Crippen molar-refractivity contribution in [3.05, 3.63) is 65.3 Å². The molecule has 1 saturated heterocycles. The number of rotatable bonds is 3. The van der Waals surface area contributed by atoms with Crippen LogP contribution < -0.4 is 0 Å². The minimum Gasteiger partial charge on any atom is -0.350 e. The van der Waals surface area contributed by atoms with Crippen LogP contribution in [0.3, 0.4) is 0 Å². The first-order valence-corrected chi connectivity index (χ1v) is 10.4. The Bertz CT molecular complexity index is 1140. The Kier molecular flexibility index (Phi) is 5.64. The Labute approximate surface area is 181 Å². The third-order valence-electron chi connectivity index (χ3n) is 5.65. The van der Waals surface area contributed by atoms with Gasteiger partial charge in [-0.25, -0.2) is 0 Å². The number of hydrogen-bond donors (Lipinski definition) is 0. The molecule has 0 radical (unpaired) electrons. The number of amides is 2. The maximum Gasteiger partial charge on any atom is 0.246 e. The normalized spacial score (nSPS) is 14.6. The molecule has 5 nitrogen and oxygen atoms in total. The summed E-state index contributed by atoms with van der Waals surface area (Å²) in [6, 6.07) is 14.0. The number of nitrogens with zero attached hydrogens (tertiary/aromatic N) is 3. The van der Waals surface area contributed by atoms with Crippen LogP contribution in [-0.2, 0) is 16.6 Å². The Hall–Kier alpha value is -3.05. The molecule has 0 unspecified atom stereocenters. The molecule has 0 N–H and O–H groups in total. The number of aromatic nitrogens is 1. The molecule has 0 spiro atoms. The van der Waals surface area contributed by atoms with Crippen LogP contribution in [-0.4, -0.2) is 52.4 Å². The average molecular weight is 422 g/mol. The highest BCUT2D eigenvalue weighted by molar-refractivity contribution is 6.34. The monoisotopic (exact) mass is 421 g/mol. The molecular weight excluding hydrogens is 398 g/mol. The zero-order valence-electron chi connectivity index (χ0n) is 17.1. The van der Waals surface area contributed by atoms with E-state index < -0.39 is 0 Å². The lowest BCUT2D eigenvalue weighted by Crippen LogP contribution is -2.49. The first kappa shape index (κ1) is 20.2. The molecule has 6 heteroatoms. The van der Waals surface area contributed by atoms with Crippen LogP contribution in [0.1, 0.15) is 12.5 Å². The largest absolute Gasteiger partial charge is 0.350 e. The summed E-state index contributed by atoms with van der Waals surface area (Å²) in [7, 11) is 2.02. The molecule has 2 heterocycles. The van der Waals surface area contributed by atoms with Crippen molar-refractivity contribution in [2.24, 2.45) is 7.05 Å². The van der Waals surface area contributed by atoms with E-state index in [1.54, 1.807) is 22.8 Å². The number of benzene rings is 2. The molecule has 1 aliphatic heterocycles. The number of carbonyl (C=O) groups is 2. The van der Waals surface area contributed by atoms with Crippen LogP contribution in [0.25, 0.3) is 28.1 Å². The molecule has 0 atom stereocenters. The molecule has 0 saturated carbocycles. The quantitative estimate of drug-likeness (QED) is 0.595. The molecule has 30 heavy (non-hydrogen) atoms. The van der Waals surface area contributed by atoms with Gasteiger partial charge in [0.15, 0.2) is 0 Å². The summed E-state index contributed by atoms with van der Waals surface area (Å²) < 4.78 is 2.08. The van der Waals surface area contributed by atoms with Gasteiger partial charge < -0.3 is 14.4 Å². The minimum absolute atomic E-state index is 0.0519. The Morgan fingerprint density at radius 1 is 0.967 bits per heavy atom. The van der Waals surface area contributed by atoms with E-state index in [0.717, 1.165) is 27.6 Å². The van der Waals surface area contributed by atoms with Crippen molar-refractivity contribution in [1.29, 1.82) is 0 Å². The van der Waals surface area contributed by atoms with Gasteiger partial charge in [0, 0.05) is 74.0 Å². The van der Waals surface area contributed by atoms with Crippen molar-refractivity contribution in [1.82, 2.24) is 14.4 Å². The fourth-order valence-corrected chi connectivity index (χ4v) is 4.31. The van der Waals surface area contributed by atoms with Crippen molar-refractivity contribution in [3.63, 3.8) is 0 Å². The molecule has 2 aromatic carbocycles. The summed E-state index contributed by atoms with van der Waals surface area (Å²) in [4.78, 5) is 27.7. The molecule has 154 valence electrons. The van der Waals surface area contributed by atoms with Gasteiger partial charge in [-0.3, -0.25) is 9.59 Å². The van der Waals surface area contributed by atoms with Crippen LogP contribution in [0.15, 0.2) is 54.7 Å². The second-order valence-corrected chi connectivity index (χ2v) is 7.95. The predicted molar refractivity (Wildman–Crippen MR) is 121 cm³/mol. The van der Waals surface area contributed by atoms with Gasteiger partial charge in [-0.1, -0.05) is 41.9 Å². The lowest BCUT2D eigenvalue weighted by molar-refractivity contribution is -0.135. The van der Waals surface area contributed by atoms with Gasteiger partial charge in [-0.2, -0.15) is 0 Å². The van der Waals surface area contributed by atoms with Gasteiger partial charge in [0.25, 0.3) is 0 Å². The van der Waals surface area contributed by atoms with E-state index in [4.69, 9.17) is 11.6 Å². The maximum absolute atomic E-state index is 12.7. The van der Waals surface area contributed by atoms with E-state index in [-0.39, 0.29) is 11.8 Å². The zero-order chi connectivity index (χ0) is 21.3. The smallest absolute Gasteiger partial charge is 0.246 e. The highest BCUT2D eigenvalue weighted by Gasteiger charge is 2.21. The lowest BCUT2D eigenvalue weighted by Gasteiger charge is -2.33. The number of hydrogen-bond acceptors (Lipinski definition) is 2. The highest BCUT2D eigenvalue weighted by Crippen LogP contribution is 2.37. The first-order chi connectivity index (χ1) is 14.5. The van der Waals surface area contributed by atoms with E-state index in [1.807, 2.05) is 43.6 Å². The van der Waals surface area contributed by atoms with E-state index in [9.17, 15) is 9.59 Å². The predicted octanol–water partition coefficient (Wildman–Crippen LogP) is 4.20. The maximum atomic E-state index is 12.7. The van der Waals surface area contributed by atoms with E-state index >= 15 is 0 Å². The minimum atomic E-state index is -0.0544. The van der Waals surface area contributed by atoms with Gasteiger partial charge in [0.1, 0.15) is 0 Å². The molecule has 0 bridgehead atoms. The highest BCUT2D eigenvalue weighted by atomic mass is 35.5. The van der Waals surface area contributed by atoms with Crippen LogP contribution in [0, 0.1) is 0 Å². The summed E-state index contributed by atoms with van der Waals surface area (Å²) in [6.45, 7) is 3.81. The topological polar surface area (TPSA) is 45.6 Å². The van der Waals surface area contributed by atoms with Gasteiger partial charge in [-0.15, -0.1) is 0 Å². The van der Waals surface area contributed by atoms with Crippen LogP contribution >= 0.6 is 11.6 Å². The Morgan fingerprint density at radius 3 is 2.40 bits per heavy atom. The SMILES string of the molecule is CC(=O)N1CCN(C(=O)/C=C/c2cccc(Cl)c2-c2cccc3ccn(C)c23)CC1. The lowest BCUT2D eigenvalue weighted by atomic mass is 9.97. The number of carbonyl (C=O) groups excluding carboxylic acids is 2. The van der Waals surface area contributed by atoms with Crippen LogP contribution in [0.2, 0.25) is 5.02 Å². The van der Waals surface area contributed by atoms with E-state index in [0.29, 0.717) is 31.2 Å². The Balaban J connectivity index is 1.63. The second-order valence-electron chi connectivity index (χ2n) is 7.54. The molecular formula is C24H24ClN3O2. The van der Waals surface area contributed by atoms with Crippen LogP contribution in [0.5, 0.6) is 0 Å². The summed E-state index contributed by atoms with van der Waals surface area (Å²) in [5, 5.41) is 1.79. The third kappa shape index (κ3) is 3.85. The molecule has 3 aromatic rings. The van der Waals surface area contributed by atoms with Crippen molar-refractivity contribution in [2.45, 2.75) is 6.92 Å². The second kappa shape index (κ2) is 8.36. The number of piperazine rings is 1. The van der Waals surface area contributed by atoms with E-state index in [2.05, 4.69) is 22.8 Å². The molecule has 0 aliphatic carbocycles. The molecule has 2 amide bonds. The third-order valence-corrected chi connectivity index (χ3v) is 5.97. The summed E-state index contributed by atoms with van der Waals surface area (Å²) in [6.07, 6.45) is 5.47. The molecule has 1 fully saturated rings.